The van der Waals surface area contributed by atoms with Gasteiger partial charge in [-0.25, -0.2) is 4.79 Å². The van der Waals surface area contributed by atoms with Gasteiger partial charge in [-0.3, -0.25) is 19.1 Å². The number of hydrogen-bond acceptors (Lipinski definition) is 7. The van der Waals surface area contributed by atoms with Gasteiger partial charge in [-0.1, -0.05) is 20.8 Å². The Bertz CT molecular complexity index is 976. The number of nitrogens with zero attached hydrogens (tertiary/aromatic N) is 1. The van der Waals surface area contributed by atoms with Gasteiger partial charge in [-0.05, 0) is 24.4 Å². The predicted molar refractivity (Wildman–Crippen MR) is 124 cm³/mol. The fourth-order valence-electron chi connectivity index (χ4n) is 3.00. The molecular weight excluding hydrogens is 495 g/mol. The second kappa shape index (κ2) is 11.0. The molecule has 0 aliphatic carbocycles. The van der Waals surface area contributed by atoms with E-state index in [1.54, 1.807) is 5.32 Å². The van der Waals surface area contributed by atoms with E-state index < -0.39 is 56.6 Å². The minimum atomic E-state index is -5.09. The molecule has 0 bridgehead atoms. The molecule has 0 spiro atoms. The lowest BCUT2D eigenvalue weighted by atomic mass is 10.2. The minimum absolute atomic E-state index is 0.0216. The lowest BCUT2D eigenvalue weighted by Gasteiger charge is -2.37. The smallest absolute Gasteiger partial charge is 0.414 e. The van der Waals surface area contributed by atoms with Gasteiger partial charge in [0.25, 0.3) is 5.56 Å². The monoisotopic (exact) mass is 527 g/mol. The minimum Gasteiger partial charge on any atom is -0.414 e. The molecule has 194 valence electrons. The molecule has 9 nitrogen and oxygen atoms in total. The standard InChI is InChI=1S/C20H32F3N3O6SSi/c1-19(2,3)34(5,6)31-10-14-13(30-11-33-4)7-15(32-14)26-9-12(16(27)25-18(26)29)8-24-17(28)20(21,22)23/h9,13-15H,7-8,10-11H2,1-6H3,(H,24,28)(H,25,27,29). The molecule has 0 saturated carbocycles. The quantitative estimate of drug-likeness (QED) is 0.375. The molecule has 1 amide bonds. The van der Waals surface area contributed by atoms with Crippen LogP contribution in [0.4, 0.5) is 13.2 Å². The molecule has 1 aliphatic heterocycles. The van der Waals surface area contributed by atoms with Gasteiger partial charge in [0.15, 0.2) is 8.32 Å². The maximum atomic E-state index is 12.5. The molecule has 0 radical (unpaired) electrons. The number of nitrogens with one attached hydrogen (secondary N) is 2. The lowest BCUT2D eigenvalue weighted by molar-refractivity contribution is -0.173. The predicted octanol–water partition coefficient (Wildman–Crippen LogP) is 2.73. The van der Waals surface area contributed by atoms with Gasteiger partial charge >= 0.3 is 17.8 Å². The highest BCUT2D eigenvalue weighted by Gasteiger charge is 2.42. The van der Waals surface area contributed by atoms with Gasteiger partial charge < -0.3 is 19.2 Å². The summed E-state index contributed by atoms with van der Waals surface area (Å²) >= 11 is 1.48. The zero-order valence-corrected chi connectivity index (χ0v) is 21.9. The molecule has 3 atom stereocenters. The van der Waals surface area contributed by atoms with Crippen LogP contribution in [0.3, 0.4) is 0 Å². The summed E-state index contributed by atoms with van der Waals surface area (Å²) in [5.74, 6) is -1.79. The molecule has 3 unspecified atom stereocenters. The zero-order chi connectivity index (χ0) is 25.9. The van der Waals surface area contributed by atoms with Crippen molar-refractivity contribution in [2.75, 3.05) is 18.8 Å². The van der Waals surface area contributed by atoms with Crippen molar-refractivity contribution < 1.29 is 31.9 Å². The van der Waals surface area contributed by atoms with Crippen molar-refractivity contribution in [3.05, 3.63) is 32.6 Å². The Labute approximate surface area is 200 Å². The van der Waals surface area contributed by atoms with E-state index in [4.69, 9.17) is 13.9 Å². The molecule has 1 aliphatic rings. The SMILES string of the molecule is CSCOC1CC(n2cc(CNC(=O)C(F)(F)F)c(=O)[nH]c2=O)OC1CO[Si](C)(C)C(C)(C)C. The second-order valence-corrected chi connectivity index (χ2v) is 15.2. The van der Waals surface area contributed by atoms with Crippen molar-refractivity contribution in [1.82, 2.24) is 14.9 Å². The molecule has 2 N–H and O–H groups in total. The molecule has 1 aromatic rings. The van der Waals surface area contributed by atoms with E-state index in [9.17, 15) is 27.6 Å². The number of thioether (sulfide) groups is 1. The van der Waals surface area contributed by atoms with Gasteiger partial charge in [0.05, 0.1) is 24.2 Å². The summed E-state index contributed by atoms with van der Waals surface area (Å²) in [4.78, 5) is 37.7. The number of amides is 1. The van der Waals surface area contributed by atoms with Gasteiger partial charge in [0.1, 0.15) is 12.3 Å². The van der Waals surface area contributed by atoms with E-state index in [-0.39, 0.29) is 23.6 Å². The summed E-state index contributed by atoms with van der Waals surface area (Å²) in [6.07, 6.45) is -3.55. The Morgan fingerprint density at radius 1 is 1.32 bits per heavy atom. The second-order valence-electron chi connectivity index (χ2n) is 9.55. The normalized spacial score (nSPS) is 21.6. The molecule has 34 heavy (non-hydrogen) atoms. The van der Waals surface area contributed by atoms with Gasteiger partial charge in [-0.15, -0.1) is 11.8 Å². The highest BCUT2D eigenvalue weighted by Crippen LogP contribution is 2.38. The first-order valence-corrected chi connectivity index (χ1v) is 15.0. The molecule has 0 aromatic carbocycles. The number of ether oxygens (including phenoxy) is 2. The maximum absolute atomic E-state index is 12.5. The Hall–Kier alpha value is -1.61. The number of carbonyl (C=O) groups is 1. The summed E-state index contributed by atoms with van der Waals surface area (Å²) in [5.41, 5.74) is -1.89. The number of H-pyrrole nitrogens is 1. The number of carbonyl (C=O) groups excluding carboxylic acids is 1. The summed E-state index contributed by atoms with van der Waals surface area (Å²) in [7, 11) is -2.09. The number of alkyl halides is 3. The summed E-state index contributed by atoms with van der Waals surface area (Å²) in [6.45, 7) is 10.1. The number of aromatic nitrogens is 2. The number of hydrogen-bond donors (Lipinski definition) is 2. The van der Waals surface area contributed by atoms with Crippen LogP contribution in [0.1, 0.15) is 39.0 Å². The molecule has 1 fully saturated rings. The highest BCUT2D eigenvalue weighted by atomic mass is 32.2. The van der Waals surface area contributed by atoms with E-state index in [1.807, 2.05) is 6.26 Å². The van der Waals surface area contributed by atoms with Gasteiger partial charge in [0, 0.05) is 19.2 Å². The van der Waals surface area contributed by atoms with Crippen molar-refractivity contribution >= 4 is 26.0 Å². The van der Waals surface area contributed by atoms with Crippen LogP contribution in [0.15, 0.2) is 15.8 Å². The van der Waals surface area contributed by atoms with Crippen LogP contribution in [0, 0.1) is 0 Å². The average Bonchev–Trinajstić information content (AvgIpc) is 3.11. The van der Waals surface area contributed by atoms with Crippen molar-refractivity contribution in [3.8, 4) is 0 Å². The summed E-state index contributed by atoms with van der Waals surface area (Å²) in [6, 6.07) is 0. The first-order chi connectivity index (χ1) is 15.6. The lowest BCUT2D eigenvalue weighted by Crippen LogP contribution is -2.44. The topological polar surface area (TPSA) is 112 Å². The van der Waals surface area contributed by atoms with Crippen LogP contribution in [0.2, 0.25) is 18.1 Å². The third kappa shape index (κ3) is 7.20. The molecule has 1 aromatic heterocycles. The van der Waals surface area contributed by atoms with E-state index in [0.29, 0.717) is 5.94 Å². The summed E-state index contributed by atoms with van der Waals surface area (Å²) in [5, 5.41) is 1.61. The van der Waals surface area contributed by atoms with Crippen LogP contribution in [0.5, 0.6) is 0 Å². The molecule has 1 saturated heterocycles. The first kappa shape index (κ1) is 28.6. The van der Waals surface area contributed by atoms with Crippen LogP contribution >= 0.6 is 11.8 Å². The summed E-state index contributed by atoms with van der Waals surface area (Å²) < 4.78 is 56.7. The third-order valence-corrected chi connectivity index (χ3v) is 10.9. The van der Waals surface area contributed by atoms with Crippen molar-refractivity contribution in [1.29, 1.82) is 0 Å². The van der Waals surface area contributed by atoms with E-state index in [1.165, 1.54) is 11.8 Å². The van der Waals surface area contributed by atoms with Crippen LogP contribution in [-0.2, 0) is 25.2 Å². The Morgan fingerprint density at radius 2 is 1.97 bits per heavy atom. The number of aromatic amines is 1. The Balaban J connectivity index is 2.22. The molecular formula is C20H32F3N3O6SSi. The largest absolute Gasteiger partial charge is 0.471 e. The fraction of sp³-hybridized carbons (Fsp3) is 0.750. The fourth-order valence-corrected chi connectivity index (χ4v) is 4.33. The van der Waals surface area contributed by atoms with Gasteiger partial charge in [-0.2, -0.15) is 13.2 Å². The van der Waals surface area contributed by atoms with Crippen molar-refractivity contribution in [2.24, 2.45) is 0 Å². The highest BCUT2D eigenvalue weighted by molar-refractivity contribution is 7.98. The zero-order valence-electron chi connectivity index (χ0n) is 20.1. The average molecular weight is 528 g/mol. The maximum Gasteiger partial charge on any atom is 0.471 e. The molecule has 14 heteroatoms. The Morgan fingerprint density at radius 3 is 2.53 bits per heavy atom. The number of rotatable bonds is 9. The van der Waals surface area contributed by atoms with Crippen LogP contribution in [-0.4, -0.2) is 61.0 Å². The van der Waals surface area contributed by atoms with Crippen LogP contribution < -0.4 is 16.6 Å². The third-order valence-electron chi connectivity index (χ3n) is 6.04. The van der Waals surface area contributed by atoms with Crippen molar-refractivity contribution in [3.63, 3.8) is 0 Å². The van der Waals surface area contributed by atoms with E-state index in [0.717, 1.165) is 10.8 Å². The first-order valence-electron chi connectivity index (χ1n) is 10.7. The molecule has 2 heterocycles. The van der Waals surface area contributed by atoms with E-state index in [2.05, 4.69) is 38.8 Å². The van der Waals surface area contributed by atoms with Gasteiger partial charge in [0.2, 0.25) is 0 Å². The number of halogens is 3. The van der Waals surface area contributed by atoms with Crippen LogP contribution in [0.25, 0.3) is 0 Å². The van der Waals surface area contributed by atoms with Crippen molar-refractivity contribution in [2.45, 2.75) is 76.5 Å². The Kier molecular flexibility index (Phi) is 9.24. The molecule has 2 rings (SSSR count). The van der Waals surface area contributed by atoms with E-state index >= 15 is 0 Å².